The van der Waals surface area contributed by atoms with Gasteiger partial charge in [0.25, 0.3) is 0 Å². The number of halogens is 3. The third-order valence-electron chi connectivity index (χ3n) is 6.15. The maximum Gasteiger partial charge on any atom is 0.241 e. The molecule has 0 atom stereocenters. The largest absolute Gasteiger partial charge is 0.338 e. The molecule has 1 aromatic heterocycles. The molecule has 2 aromatic carbocycles. The molecule has 2 aliphatic rings. The Hall–Kier alpha value is -2.90. The highest BCUT2D eigenvalue weighted by Crippen LogP contribution is 2.53. The van der Waals surface area contributed by atoms with E-state index in [0.717, 1.165) is 42.4 Å². The molecule has 1 aliphatic heterocycles. The maximum atomic E-state index is 14.5. The summed E-state index contributed by atoms with van der Waals surface area (Å²) in [6.45, 7) is 0.647. The van der Waals surface area contributed by atoms with Gasteiger partial charge in [-0.15, -0.1) is 11.6 Å². The predicted molar refractivity (Wildman–Crippen MR) is 125 cm³/mol. The van der Waals surface area contributed by atoms with Crippen LogP contribution in [0.1, 0.15) is 24.8 Å². The van der Waals surface area contributed by atoms with Crippen LogP contribution in [0.25, 0.3) is 0 Å². The molecule has 9 heteroatoms. The fourth-order valence-electron chi connectivity index (χ4n) is 4.39. The van der Waals surface area contributed by atoms with Gasteiger partial charge in [0.1, 0.15) is 5.88 Å². The summed E-state index contributed by atoms with van der Waals surface area (Å²) in [6.07, 6.45) is 4.36. The number of amides is 1. The van der Waals surface area contributed by atoms with Crippen LogP contribution in [0.2, 0.25) is 5.02 Å². The zero-order valence-electron chi connectivity index (χ0n) is 17.0. The van der Waals surface area contributed by atoms with Crippen molar-refractivity contribution in [2.24, 2.45) is 0 Å². The summed E-state index contributed by atoms with van der Waals surface area (Å²) in [4.78, 5) is 22.5. The van der Waals surface area contributed by atoms with Gasteiger partial charge in [0.05, 0.1) is 6.20 Å². The Bertz CT molecular complexity index is 1180. The third-order valence-corrected chi connectivity index (χ3v) is 6.63. The van der Waals surface area contributed by atoms with Crippen LogP contribution in [0.15, 0.2) is 48.7 Å². The van der Waals surface area contributed by atoms with Gasteiger partial charge in [-0.1, -0.05) is 24.1 Å². The molecule has 2 N–H and O–H groups in total. The van der Waals surface area contributed by atoms with Crippen LogP contribution in [0.3, 0.4) is 0 Å². The average Bonchev–Trinajstić information content (AvgIpc) is 3.12. The summed E-state index contributed by atoms with van der Waals surface area (Å²) >= 11 is 11.8. The summed E-state index contributed by atoms with van der Waals surface area (Å²) in [5.74, 6) is -0.520. The molecule has 164 valence electrons. The number of aromatic nitrogens is 2. The Kier molecular flexibility index (Phi) is 5.39. The van der Waals surface area contributed by atoms with Crippen molar-refractivity contribution < 1.29 is 9.18 Å². The molecule has 5 rings (SSSR count). The number of nitrogens with zero attached hydrogens (tertiary/aromatic N) is 3. The lowest BCUT2D eigenvalue weighted by molar-refractivity contribution is -0.116. The average molecular weight is 472 g/mol. The highest BCUT2D eigenvalue weighted by atomic mass is 35.5. The number of carbonyl (C=O) groups is 1. The minimum atomic E-state index is -0.587. The number of nitrogens with one attached hydrogen (secondary N) is 2. The molecule has 2 heterocycles. The predicted octanol–water partition coefficient (Wildman–Crippen LogP) is 5.76. The van der Waals surface area contributed by atoms with Crippen LogP contribution in [0, 0.1) is 5.82 Å². The van der Waals surface area contributed by atoms with Gasteiger partial charge in [-0.2, -0.15) is 4.98 Å². The van der Waals surface area contributed by atoms with Crippen LogP contribution in [0.5, 0.6) is 0 Å². The smallest absolute Gasteiger partial charge is 0.241 e. The molecule has 1 amide bonds. The summed E-state index contributed by atoms with van der Waals surface area (Å²) in [5.41, 5.74) is 3.36. The van der Waals surface area contributed by atoms with Gasteiger partial charge in [0, 0.05) is 34.0 Å². The van der Waals surface area contributed by atoms with E-state index in [0.29, 0.717) is 17.3 Å². The number of benzene rings is 2. The Balaban J connectivity index is 1.42. The SMILES string of the molecule is O=C(CCl)N1CC2(CCC2)c2ccc(Nc3nc(Nc4ccc(Cl)cc4)ncc3F)cc21. The van der Waals surface area contributed by atoms with E-state index in [-0.39, 0.29) is 29.0 Å². The number of alkyl halides is 1. The topological polar surface area (TPSA) is 70.2 Å². The molecule has 0 saturated heterocycles. The highest BCUT2D eigenvalue weighted by Gasteiger charge is 2.48. The monoisotopic (exact) mass is 471 g/mol. The van der Waals surface area contributed by atoms with Crippen LogP contribution in [0.4, 0.5) is 33.2 Å². The molecule has 1 saturated carbocycles. The number of carbonyl (C=O) groups excluding carboxylic acids is 1. The minimum absolute atomic E-state index is 0.0193. The van der Waals surface area contributed by atoms with Gasteiger partial charge >= 0.3 is 0 Å². The normalized spacial score (nSPS) is 15.9. The first-order valence-corrected chi connectivity index (χ1v) is 11.2. The minimum Gasteiger partial charge on any atom is -0.338 e. The van der Waals surface area contributed by atoms with Gasteiger partial charge in [0.2, 0.25) is 11.9 Å². The van der Waals surface area contributed by atoms with Crippen molar-refractivity contribution in [3.05, 3.63) is 65.1 Å². The molecule has 0 bridgehead atoms. The molecule has 1 spiro atoms. The fraction of sp³-hybridized carbons (Fsp3) is 0.261. The summed E-state index contributed by atoms with van der Waals surface area (Å²) < 4.78 is 14.5. The van der Waals surface area contributed by atoms with Gasteiger partial charge in [-0.05, 0) is 54.8 Å². The van der Waals surface area contributed by atoms with Crippen molar-refractivity contribution >= 4 is 57.9 Å². The Labute approximate surface area is 194 Å². The second kappa shape index (κ2) is 8.22. The molecule has 3 aromatic rings. The van der Waals surface area contributed by atoms with Crippen LogP contribution in [-0.2, 0) is 10.2 Å². The molecule has 1 aliphatic carbocycles. The van der Waals surface area contributed by atoms with Gasteiger partial charge < -0.3 is 15.5 Å². The van der Waals surface area contributed by atoms with Crippen LogP contribution in [-0.4, -0.2) is 28.3 Å². The molecule has 1 fully saturated rings. The van der Waals surface area contributed by atoms with Crippen LogP contribution >= 0.6 is 23.2 Å². The lowest BCUT2D eigenvalue weighted by Crippen LogP contribution is -2.41. The number of fused-ring (bicyclic) bond motifs is 2. The van der Waals surface area contributed by atoms with Crippen molar-refractivity contribution in [2.75, 3.05) is 28.0 Å². The quantitative estimate of drug-likeness (QED) is 0.462. The van der Waals surface area contributed by atoms with E-state index in [4.69, 9.17) is 23.2 Å². The zero-order chi connectivity index (χ0) is 22.3. The van der Waals surface area contributed by atoms with Gasteiger partial charge in [-0.3, -0.25) is 4.79 Å². The van der Waals surface area contributed by atoms with E-state index in [1.807, 2.05) is 18.2 Å². The fourth-order valence-corrected chi connectivity index (χ4v) is 4.66. The van der Waals surface area contributed by atoms with E-state index in [9.17, 15) is 9.18 Å². The Morgan fingerprint density at radius 3 is 2.56 bits per heavy atom. The first-order chi connectivity index (χ1) is 15.5. The Morgan fingerprint density at radius 1 is 1.12 bits per heavy atom. The summed E-state index contributed by atoms with van der Waals surface area (Å²) in [7, 11) is 0. The van der Waals surface area contributed by atoms with Gasteiger partial charge in [0.15, 0.2) is 11.6 Å². The molecule has 0 unspecified atom stereocenters. The van der Waals surface area contributed by atoms with E-state index in [2.05, 4.69) is 20.6 Å². The Morgan fingerprint density at radius 2 is 1.88 bits per heavy atom. The van der Waals surface area contributed by atoms with Crippen molar-refractivity contribution in [1.82, 2.24) is 9.97 Å². The molecule has 32 heavy (non-hydrogen) atoms. The third kappa shape index (κ3) is 3.76. The zero-order valence-corrected chi connectivity index (χ0v) is 18.5. The molecular formula is C23H20Cl2FN5O. The maximum absolute atomic E-state index is 14.5. The summed E-state index contributed by atoms with van der Waals surface area (Å²) in [5, 5.41) is 6.66. The second-order valence-corrected chi connectivity index (χ2v) is 8.83. The standard InChI is InChI=1S/C23H20Cl2FN5O/c24-11-20(32)31-13-23(8-1-9-23)17-7-6-16(10-19(17)31)28-21-18(26)12-27-22(30-21)29-15-4-2-14(25)3-5-15/h2-7,10,12H,1,8-9,11,13H2,(H2,27,28,29,30). The number of anilines is 5. The van der Waals surface area contributed by atoms with Crippen molar-refractivity contribution in [1.29, 1.82) is 0 Å². The van der Waals surface area contributed by atoms with Crippen molar-refractivity contribution in [2.45, 2.75) is 24.7 Å². The van der Waals surface area contributed by atoms with Crippen molar-refractivity contribution in [3.8, 4) is 0 Å². The highest BCUT2D eigenvalue weighted by molar-refractivity contribution is 6.30. The van der Waals surface area contributed by atoms with E-state index < -0.39 is 5.82 Å². The lowest BCUT2D eigenvalue weighted by atomic mass is 9.66. The number of hydrogen-bond acceptors (Lipinski definition) is 5. The van der Waals surface area contributed by atoms with Crippen LogP contribution < -0.4 is 15.5 Å². The first kappa shape index (κ1) is 21.0. The van der Waals surface area contributed by atoms with Gasteiger partial charge in [-0.25, -0.2) is 9.37 Å². The summed E-state index contributed by atoms with van der Waals surface area (Å²) in [6, 6.07) is 12.8. The van der Waals surface area contributed by atoms with E-state index in [1.54, 1.807) is 29.2 Å². The number of hydrogen-bond donors (Lipinski definition) is 2. The van der Waals surface area contributed by atoms with Crippen molar-refractivity contribution in [3.63, 3.8) is 0 Å². The molecule has 0 radical (unpaired) electrons. The van der Waals surface area contributed by atoms with E-state index >= 15 is 0 Å². The van der Waals surface area contributed by atoms with E-state index in [1.165, 1.54) is 0 Å². The molecular weight excluding hydrogens is 452 g/mol. The molecule has 6 nitrogen and oxygen atoms in total. The lowest BCUT2D eigenvalue weighted by Gasteiger charge is -2.38. The first-order valence-electron chi connectivity index (χ1n) is 10.3. The second-order valence-electron chi connectivity index (χ2n) is 8.13. The number of rotatable bonds is 5.